The second-order valence-corrected chi connectivity index (χ2v) is 16.8. The molecule has 0 bridgehead atoms. The number of hydrogen-bond donors (Lipinski definition) is 3. The predicted octanol–water partition coefficient (Wildman–Crippen LogP) is 16.9. The van der Waals surface area contributed by atoms with Crippen molar-refractivity contribution < 1.29 is 15.0 Å². The van der Waals surface area contributed by atoms with E-state index in [1.54, 1.807) is 6.08 Å². The van der Waals surface area contributed by atoms with Crippen molar-refractivity contribution >= 4 is 5.91 Å². The van der Waals surface area contributed by atoms with Crippen LogP contribution in [-0.4, -0.2) is 34.9 Å². The summed E-state index contributed by atoms with van der Waals surface area (Å²) in [5.74, 6) is -0.0839. The summed E-state index contributed by atoms with van der Waals surface area (Å²) in [5, 5.41) is 23.0. The fourth-order valence-electron chi connectivity index (χ4n) is 7.01. The van der Waals surface area contributed by atoms with Crippen LogP contribution in [0.3, 0.4) is 0 Å². The summed E-state index contributed by atoms with van der Waals surface area (Å²) in [6.45, 7) is 4.13. The van der Waals surface area contributed by atoms with Gasteiger partial charge in [0.1, 0.15) is 0 Å². The number of rotatable bonds is 45. The number of aliphatic hydroxyl groups is 2. The highest BCUT2D eigenvalue weighted by molar-refractivity contribution is 5.76. The van der Waals surface area contributed by atoms with Gasteiger partial charge in [-0.2, -0.15) is 0 Å². The van der Waals surface area contributed by atoms with E-state index in [1.807, 2.05) is 6.08 Å². The monoisotopic (exact) mass is 856 g/mol. The molecule has 2 atom stereocenters. The van der Waals surface area contributed by atoms with Crippen LogP contribution in [0.2, 0.25) is 0 Å². The molecule has 0 rings (SSSR count). The average molecular weight is 856 g/mol. The van der Waals surface area contributed by atoms with Crippen LogP contribution in [-0.2, 0) is 4.79 Å². The minimum Gasteiger partial charge on any atom is -0.394 e. The first-order valence-corrected chi connectivity index (χ1v) is 25.7. The molecule has 4 heteroatoms. The molecule has 0 saturated carbocycles. The van der Waals surface area contributed by atoms with Gasteiger partial charge in [0.25, 0.3) is 0 Å². The van der Waals surface area contributed by atoms with Crippen molar-refractivity contribution in [3.63, 3.8) is 0 Å². The summed E-state index contributed by atoms with van der Waals surface area (Å²) >= 11 is 0. The van der Waals surface area contributed by atoms with Gasteiger partial charge in [0, 0.05) is 6.42 Å². The number of carbonyl (C=O) groups excluding carboxylic acids is 1. The summed E-state index contributed by atoms with van der Waals surface area (Å²) in [6.07, 6.45) is 80.5. The van der Waals surface area contributed by atoms with Crippen LogP contribution < -0.4 is 5.32 Å². The van der Waals surface area contributed by atoms with Crippen molar-refractivity contribution in [2.45, 2.75) is 231 Å². The van der Waals surface area contributed by atoms with E-state index in [1.165, 1.54) is 116 Å². The van der Waals surface area contributed by atoms with Crippen molar-refractivity contribution in [1.29, 1.82) is 0 Å². The van der Waals surface area contributed by atoms with Crippen molar-refractivity contribution in [1.82, 2.24) is 5.32 Å². The van der Waals surface area contributed by atoms with E-state index in [2.05, 4.69) is 129 Å². The maximum atomic E-state index is 12.4. The topological polar surface area (TPSA) is 69.6 Å². The minimum atomic E-state index is -0.875. The van der Waals surface area contributed by atoms with Gasteiger partial charge in [-0.1, -0.05) is 232 Å². The van der Waals surface area contributed by atoms with Crippen LogP contribution in [0.1, 0.15) is 219 Å². The Kier molecular flexibility index (Phi) is 49.4. The molecule has 0 heterocycles. The number of nitrogens with one attached hydrogen (secondary N) is 1. The molecule has 4 nitrogen and oxygen atoms in total. The van der Waals surface area contributed by atoms with Crippen LogP contribution in [0.15, 0.2) is 122 Å². The molecular weight excluding hydrogens is 759 g/mol. The Labute approximate surface area is 384 Å². The largest absolute Gasteiger partial charge is 0.394 e. The van der Waals surface area contributed by atoms with Gasteiger partial charge >= 0.3 is 0 Å². The quantitative estimate of drug-likeness (QED) is 0.0422. The number of hydrogen-bond acceptors (Lipinski definition) is 3. The zero-order chi connectivity index (χ0) is 44.9. The Morgan fingerprint density at radius 1 is 0.403 bits per heavy atom. The molecule has 0 aromatic rings. The van der Waals surface area contributed by atoms with E-state index in [0.717, 1.165) is 83.5 Å². The normalized spacial score (nSPS) is 13.9. The second kappa shape index (κ2) is 52.1. The Hall–Kier alpha value is -3.21. The minimum absolute atomic E-state index is 0.0839. The summed E-state index contributed by atoms with van der Waals surface area (Å²) in [7, 11) is 0. The van der Waals surface area contributed by atoms with Gasteiger partial charge in [-0.3, -0.25) is 4.79 Å². The zero-order valence-electron chi connectivity index (χ0n) is 40.3. The third kappa shape index (κ3) is 47.8. The van der Waals surface area contributed by atoms with Crippen LogP contribution in [0.25, 0.3) is 0 Å². The Morgan fingerprint density at radius 3 is 1.13 bits per heavy atom. The number of allylic oxidation sites excluding steroid dienone is 19. The third-order valence-corrected chi connectivity index (χ3v) is 10.9. The number of amides is 1. The maximum absolute atomic E-state index is 12.4. The van der Waals surface area contributed by atoms with E-state index in [4.69, 9.17) is 0 Å². The lowest BCUT2D eigenvalue weighted by molar-refractivity contribution is -0.123. The van der Waals surface area contributed by atoms with Crippen molar-refractivity contribution in [3.8, 4) is 0 Å². The first-order chi connectivity index (χ1) is 30.7. The van der Waals surface area contributed by atoms with Crippen LogP contribution in [0.5, 0.6) is 0 Å². The molecule has 0 aliphatic carbocycles. The maximum Gasteiger partial charge on any atom is 0.220 e. The van der Waals surface area contributed by atoms with Gasteiger partial charge in [0.05, 0.1) is 18.8 Å². The summed E-state index contributed by atoms with van der Waals surface area (Å²) in [5.41, 5.74) is 0. The van der Waals surface area contributed by atoms with E-state index in [9.17, 15) is 15.0 Å². The first kappa shape index (κ1) is 58.8. The molecule has 0 saturated heterocycles. The highest BCUT2D eigenvalue weighted by atomic mass is 16.3. The van der Waals surface area contributed by atoms with E-state index < -0.39 is 12.1 Å². The highest BCUT2D eigenvalue weighted by Gasteiger charge is 2.17. The van der Waals surface area contributed by atoms with Gasteiger partial charge in [-0.05, 0) is 103 Å². The molecule has 352 valence electrons. The van der Waals surface area contributed by atoms with Gasteiger partial charge in [0.2, 0.25) is 5.91 Å². The predicted molar refractivity (Wildman–Crippen MR) is 276 cm³/mol. The van der Waals surface area contributed by atoms with Gasteiger partial charge < -0.3 is 15.5 Å². The molecular formula is C58H97NO3. The zero-order valence-corrected chi connectivity index (χ0v) is 40.3. The van der Waals surface area contributed by atoms with Gasteiger partial charge in [0.15, 0.2) is 0 Å². The number of aliphatic hydroxyl groups excluding tert-OH is 2. The van der Waals surface area contributed by atoms with E-state index >= 15 is 0 Å². The lowest BCUT2D eigenvalue weighted by atomic mass is 10.0. The lowest BCUT2D eigenvalue weighted by Crippen LogP contribution is -2.45. The van der Waals surface area contributed by atoms with Crippen molar-refractivity contribution in [3.05, 3.63) is 122 Å². The Bertz CT molecular complexity index is 1240. The summed E-state index contributed by atoms with van der Waals surface area (Å²) in [6, 6.07) is -0.651. The van der Waals surface area contributed by atoms with Gasteiger partial charge in [-0.15, -0.1) is 0 Å². The Morgan fingerprint density at radius 2 is 0.726 bits per heavy atom. The summed E-state index contributed by atoms with van der Waals surface area (Å²) in [4.78, 5) is 12.4. The smallest absolute Gasteiger partial charge is 0.220 e. The fraction of sp³-hybridized carbons (Fsp3) is 0.638. The van der Waals surface area contributed by atoms with Crippen LogP contribution >= 0.6 is 0 Å². The molecule has 62 heavy (non-hydrogen) atoms. The van der Waals surface area contributed by atoms with Gasteiger partial charge in [-0.25, -0.2) is 0 Å². The number of carbonyl (C=O) groups is 1. The molecule has 0 fully saturated rings. The molecule has 1 amide bonds. The third-order valence-electron chi connectivity index (χ3n) is 10.9. The number of unbranched alkanes of at least 4 members (excludes halogenated alkanes) is 20. The second-order valence-electron chi connectivity index (χ2n) is 16.8. The standard InChI is InChI=1S/C58H97NO3/c1-3-5-7-9-11-13-15-17-18-19-20-21-22-23-24-25-26-27-28-29-30-31-32-33-34-35-36-37-38-39-40-42-44-46-48-50-52-54-58(62)59-56(55-60)57(61)53-51-49-47-45-43-41-16-14-12-10-8-6-4-2/h5,7,11-14,17-18,20-21,23-24,26-27,29-30,43,45,51,53,56-57,60-61H,3-4,6,8-10,15-16,19,22,25,28,31-42,44,46-50,52,54-55H2,1-2H3,(H,59,62)/b7-5-,13-11-,14-12+,18-17-,21-20-,24-23-,27-26-,30-29-,45-43+,53-51+. The van der Waals surface area contributed by atoms with E-state index in [-0.39, 0.29) is 12.5 Å². The molecule has 0 aromatic heterocycles. The molecule has 2 unspecified atom stereocenters. The average Bonchev–Trinajstić information content (AvgIpc) is 3.28. The van der Waals surface area contributed by atoms with Crippen LogP contribution in [0.4, 0.5) is 0 Å². The molecule has 0 radical (unpaired) electrons. The summed E-state index contributed by atoms with van der Waals surface area (Å²) < 4.78 is 0. The molecule has 0 aromatic carbocycles. The lowest BCUT2D eigenvalue weighted by Gasteiger charge is -2.19. The highest BCUT2D eigenvalue weighted by Crippen LogP contribution is 2.15. The SMILES string of the molecule is CC/C=C\C/C=C\C/C=C\C/C=C\C/C=C\C/C=C\C/C=C\CCCCCCCCCCCCCCCCCC(=O)NC(CO)C(O)/C=C/CC/C=C/CC/C=C/CCCCC. The molecule has 3 N–H and O–H groups in total. The van der Waals surface area contributed by atoms with E-state index in [0.29, 0.717) is 6.42 Å². The van der Waals surface area contributed by atoms with Crippen molar-refractivity contribution in [2.75, 3.05) is 6.61 Å². The van der Waals surface area contributed by atoms with Crippen LogP contribution in [0, 0.1) is 0 Å². The Balaban J connectivity index is 3.56. The molecule has 0 aliphatic rings. The first-order valence-electron chi connectivity index (χ1n) is 25.7. The molecule has 0 aliphatic heterocycles. The fourth-order valence-corrected chi connectivity index (χ4v) is 7.01. The van der Waals surface area contributed by atoms with Crippen molar-refractivity contribution in [2.24, 2.45) is 0 Å². The molecule has 0 spiro atoms.